The van der Waals surface area contributed by atoms with Crippen molar-refractivity contribution in [1.82, 2.24) is 0 Å². The summed E-state index contributed by atoms with van der Waals surface area (Å²) in [6.45, 7) is 6.29. The van der Waals surface area contributed by atoms with Gasteiger partial charge in [0, 0.05) is 11.8 Å². The van der Waals surface area contributed by atoms with Gasteiger partial charge in [-0.3, -0.25) is 4.79 Å². The van der Waals surface area contributed by atoms with Crippen LogP contribution in [0.3, 0.4) is 0 Å². The van der Waals surface area contributed by atoms with Crippen molar-refractivity contribution >= 4 is 23.6 Å². The van der Waals surface area contributed by atoms with Gasteiger partial charge < -0.3 is 14.8 Å². The van der Waals surface area contributed by atoms with Crippen molar-refractivity contribution < 1.29 is 19.1 Å². The molecule has 0 saturated heterocycles. The Morgan fingerprint density at radius 2 is 1.70 bits per heavy atom. The first-order chi connectivity index (χ1) is 12.9. The maximum absolute atomic E-state index is 12.2. The number of anilines is 1. The molecule has 0 spiro atoms. The zero-order chi connectivity index (χ0) is 19.8. The van der Waals surface area contributed by atoms with Crippen molar-refractivity contribution in [2.24, 2.45) is 0 Å². The van der Waals surface area contributed by atoms with Gasteiger partial charge in [0.05, 0.1) is 19.3 Å². The fourth-order valence-corrected chi connectivity index (χ4v) is 2.63. The van der Waals surface area contributed by atoms with E-state index in [-0.39, 0.29) is 11.9 Å². The molecular weight excluding hydrogens is 342 g/mol. The molecule has 0 saturated carbocycles. The Labute approximate surface area is 160 Å². The number of hydrogen-bond acceptors (Lipinski definition) is 4. The lowest BCUT2D eigenvalue weighted by Crippen LogP contribution is -2.09. The number of ether oxygens (including phenoxy) is 2. The Kier molecular flexibility index (Phi) is 7.17. The van der Waals surface area contributed by atoms with Gasteiger partial charge in [-0.05, 0) is 79.4 Å². The second-order valence-corrected chi connectivity index (χ2v) is 6.21. The number of benzene rings is 2. The number of carbonyl (C=O) groups is 2. The standard InChI is InChI=1S/C22H25NO4/c1-5-12-27-22(25)17-6-8-18(9-7-17)23-21(24)11-10-20-15(2)13-19(26-4)14-16(20)3/h6-11,13-14H,5,12H2,1-4H3,(H,23,24)/b11-10+. The minimum Gasteiger partial charge on any atom is -0.497 e. The predicted molar refractivity (Wildman–Crippen MR) is 107 cm³/mol. The van der Waals surface area contributed by atoms with Crippen LogP contribution in [-0.4, -0.2) is 25.6 Å². The van der Waals surface area contributed by atoms with Crippen molar-refractivity contribution in [2.75, 3.05) is 19.0 Å². The van der Waals surface area contributed by atoms with Crippen LogP contribution in [0.5, 0.6) is 5.75 Å². The predicted octanol–water partition coefficient (Wildman–Crippen LogP) is 4.53. The van der Waals surface area contributed by atoms with Crippen LogP contribution in [0, 0.1) is 13.8 Å². The van der Waals surface area contributed by atoms with E-state index >= 15 is 0 Å². The Morgan fingerprint density at radius 3 is 2.26 bits per heavy atom. The quantitative estimate of drug-likeness (QED) is 0.577. The van der Waals surface area contributed by atoms with E-state index in [1.165, 1.54) is 6.08 Å². The SMILES string of the molecule is CCCOC(=O)c1ccc(NC(=O)/C=C/c2c(C)cc(OC)cc2C)cc1. The van der Waals surface area contributed by atoms with Crippen LogP contribution < -0.4 is 10.1 Å². The third kappa shape index (κ3) is 5.71. The molecule has 2 aromatic carbocycles. The summed E-state index contributed by atoms with van der Waals surface area (Å²) in [5.41, 5.74) is 4.12. The van der Waals surface area contributed by atoms with E-state index in [0.717, 1.165) is 28.9 Å². The summed E-state index contributed by atoms with van der Waals surface area (Å²) < 4.78 is 10.3. The lowest BCUT2D eigenvalue weighted by molar-refractivity contribution is -0.111. The second kappa shape index (κ2) is 9.57. The van der Waals surface area contributed by atoms with Crippen molar-refractivity contribution in [3.05, 3.63) is 64.7 Å². The molecule has 0 atom stereocenters. The molecule has 2 rings (SSSR count). The maximum Gasteiger partial charge on any atom is 0.338 e. The van der Waals surface area contributed by atoms with Gasteiger partial charge in [-0.2, -0.15) is 0 Å². The van der Waals surface area contributed by atoms with Crippen LogP contribution in [0.4, 0.5) is 5.69 Å². The molecule has 0 fully saturated rings. The van der Waals surface area contributed by atoms with Gasteiger partial charge >= 0.3 is 5.97 Å². The third-order valence-electron chi connectivity index (χ3n) is 4.03. The number of carbonyl (C=O) groups excluding carboxylic acids is 2. The minimum absolute atomic E-state index is 0.245. The molecule has 1 amide bonds. The summed E-state index contributed by atoms with van der Waals surface area (Å²) in [5.74, 6) is 0.190. The molecular formula is C22H25NO4. The first-order valence-corrected chi connectivity index (χ1v) is 8.86. The number of aryl methyl sites for hydroxylation is 2. The smallest absolute Gasteiger partial charge is 0.338 e. The molecule has 1 N–H and O–H groups in total. The molecule has 0 radical (unpaired) electrons. The Hall–Kier alpha value is -3.08. The van der Waals surface area contributed by atoms with Crippen LogP contribution in [0.15, 0.2) is 42.5 Å². The first-order valence-electron chi connectivity index (χ1n) is 8.86. The highest BCUT2D eigenvalue weighted by Crippen LogP contribution is 2.22. The first kappa shape index (κ1) is 20.2. The molecule has 0 aromatic heterocycles. The van der Waals surface area contributed by atoms with Crippen LogP contribution in [0.1, 0.15) is 40.4 Å². The van der Waals surface area contributed by atoms with Crippen molar-refractivity contribution in [3.63, 3.8) is 0 Å². The van der Waals surface area contributed by atoms with Crippen LogP contribution in [0.2, 0.25) is 0 Å². The highest BCUT2D eigenvalue weighted by Gasteiger charge is 2.07. The number of rotatable bonds is 7. The molecule has 5 heteroatoms. The normalized spacial score (nSPS) is 10.7. The van der Waals surface area contributed by atoms with Gasteiger partial charge in [0.2, 0.25) is 5.91 Å². The molecule has 0 aliphatic rings. The van der Waals surface area contributed by atoms with E-state index in [1.807, 2.05) is 32.9 Å². The van der Waals surface area contributed by atoms with Gasteiger partial charge in [0.1, 0.15) is 5.75 Å². The average molecular weight is 367 g/mol. The average Bonchev–Trinajstić information content (AvgIpc) is 2.65. The molecule has 2 aromatic rings. The molecule has 0 aliphatic carbocycles. The fourth-order valence-electron chi connectivity index (χ4n) is 2.63. The van der Waals surface area contributed by atoms with E-state index < -0.39 is 0 Å². The summed E-state index contributed by atoms with van der Waals surface area (Å²) in [4.78, 5) is 24.0. The van der Waals surface area contributed by atoms with Crippen molar-refractivity contribution in [2.45, 2.75) is 27.2 Å². The highest BCUT2D eigenvalue weighted by atomic mass is 16.5. The van der Waals surface area contributed by atoms with Gasteiger partial charge in [0.25, 0.3) is 0 Å². The molecule has 0 bridgehead atoms. The highest BCUT2D eigenvalue weighted by molar-refractivity contribution is 6.02. The topological polar surface area (TPSA) is 64.6 Å². The lowest BCUT2D eigenvalue weighted by Gasteiger charge is -2.09. The van der Waals surface area contributed by atoms with Gasteiger partial charge in [-0.15, -0.1) is 0 Å². The summed E-state index contributed by atoms with van der Waals surface area (Å²) in [5, 5.41) is 2.78. The van der Waals surface area contributed by atoms with E-state index in [2.05, 4.69) is 5.32 Å². The Bertz CT molecular complexity index is 815. The third-order valence-corrected chi connectivity index (χ3v) is 4.03. The monoisotopic (exact) mass is 367 g/mol. The zero-order valence-electron chi connectivity index (χ0n) is 16.2. The fraction of sp³-hybridized carbons (Fsp3) is 0.273. The maximum atomic E-state index is 12.2. The largest absolute Gasteiger partial charge is 0.497 e. The molecule has 27 heavy (non-hydrogen) atoms. The summed E-state index contributed by atoms with van der Waals surface area (Å²) >= 11 is 0. The zero-order valence-corrected chi connectivity index (χ0v) is 16.2. The van der Waals surface area contributed by atoms with E-state index in [4.69, 9.17) is 9.47 Å². The molecule has 5 nitrogen and oxygen atoms in total. The summed E-state index contributed by atoms with van der Waals surface area (Å²) in [7, 11) is 1.63. The Morgan fingerprint density at radius 1 is 1.07 bits per heavy atom. The van der Waals surface area contributed by atoms with E-state index in [0.29, 0.717) is 17.9 Å². The number of amides is 1. The summed E-state index contributed by atoms with van der Waals surface area (Å²) in [6.07, 6.45) is 4.06. The summed E-state index contributed by atoms with van der Waals surface area (Å²) in [6, 6.07) is 10.5. The van der Waals surface area contributed by atoms with Gasteiger partial charge in [-0.25, -0.2) is 4.79 Å². The molecule has 0 aliphatic heterocycles. The van der Waals surface area contributed by atoms with E-state index in [1.54, 1.807) is 37.5 Å². The van der Waals surface area contributed by atoms with Gasteiger partial charge in [-0.1, -0.05) is 6.92 Å². The van der Waals surface area contributed by atoms with Crippen molar-refractivity contribution in [1.29, 1.82) is 0 Å². The van der Waals surface area contributed by atoms with Gasteiger partial charge in [0.15, 0.2) is 0 Å². The number of methoxy groups -OCH3 is 1. The molecule has 0 unspecified atom stereocenters. The number of nitrogens with one attached hydrogen (secondary N) is 1. The van der Waals surface area contributed by atoms with Crippen LogP contribution in [0.25, 0.3) is 6.08 Å². The van der Waals surface area contributed by atoms with E-state index in [9.17, 15) is 9.59 Å². The number of hydrogen-bond donors (Lipinski definition) is 1. The second-order valence-electron chi connectivity index (χ2n) is 6.21. The lowest BCUT2D eigenvalue weighted by atomic mass is 10.0. The number of esters is 1. The molecule has 142 valence electrons. The Balaban J connectivity index is 2.01. The van der Waals surface area contributed by atoms with Crippen LogP contribution in [-0.2, 0) is 9.53 Å². The molecule has 0 heterocycles. The van der Waals surface area contributed by atoms with Crippen molar-refractivity contribution in [3.8, 4) is 5.75 Å². The minimum atomic E-state index is -0.361. The van der Waals surface area contributed by atoms with Crippen LogP contribution >= 0.6 is 0 Å².